The average Bonchev–Trinajstić information content (AvgIpc) is 2.95. The van der Waals surface area contributed by atoms with Gasteiger partial charge in [0.2, 0.25) is 5.91 Å². The number of aromatic nitrogens is 1. The summed E-state index contributed by atoms with van der Waals surface area (Å²) in [5.41, 5.74) is 2.28. The number of hydrogen-bond acceptors (Lipinski definition) is 3. The highest BCUT2D eigenvalue weighted by Gasteiger charge is 2.16. The van der Waals surface area contributed by atoms with Crippen molar-refractivity contribution < 1.29 is 13.2 Å². The summed E-state index contributed by atoms with van der Waals surface area (Å²) < 4.78 is 30.0. The fourth-order valence-corrected chi connectivity index (χ4v) is 3.84. The molecule has 0 bridgehead atoms. The quantitative estimate of drug-likeness (QED) is 0.749. The zero-order valence-electron chi connectivity index (χ0n) is 14.9. The Kier molecular flexibility index (Phi) is 4.73. The van der Waals surface area contributed by atoms with Crippen LogP contribution in [0.4, 0.5) is 5.69 Å². The lowest BCUT2D eigenvalue weighted by molar-refractivity contribution is -0.128. The fourth-order valence-electron chi connectivity index (χ4n) is 2.76. The molecule has 1 heterocycles. The van der Waals surface area contributed by atoms with Crippen molar-refractivity contribution >= 4 is 32.5 Å². The second-order valence-electron chi connectivity index (χ2n) is 6.33. The molecule has 3 rings (SSSR count). The molecule has 0 fully saturated rings. The molecule has 2 aromatic carbocycles. The van der Waals surface area contributed by atoms with Gasteiger partial charge in [-0.1, -0.05) is 12.1 Å². The third-order valence-electron chi connectivity index (χ3n) is 4.30. The number of amides is 1. The molecule has 0 atom stereocenters. The fraction of sp³-hybridized carbons (Fsp3) is 0.211. The van der Waals surface area contributed by atoms with Crippen molar-refractivity contribution in [3.8, 4) is 0 Å². The summed E-state index contributed by atoms with van der Waals surface area (Å²) in [4.78, 5) is 13.1. The van der Waals surface area contributed by atoms with E-state index in [0.717, 1.165) is 16.5 Å². The van der Waals surface area contributed by atoms with E-state index in [9.17, 15) is 13.2 Å². The number of benzene rings is 2. The summed E-state index contributed by atoms with van der Waals surface area (Å²) in [5.74, 6) is -0.0489. The molecule has 7 heteroatoms. The number of rotatable bonds is 5. The first-order valence-electron chi connectivity index (χ1n) is 8.15. The Bertz CT molecular complexity index is 1070. The van der Waals surface area contributed by atoms with Crippen LogP contribution in [0.5, 0.6) is 0 Å². The van der Waals surface area contributed by atoms with Gasteiger partial charge in [0.25, 0.3) is 10.0 Å². The van der Waals surface area contributed by atoms with Crippen molar-refractivity contribution in [2.24, 2.45) is 7.05 Å². The zero-order chi connectivity index (χ0) is 18.9. The monoisotopic (exact) mass is 371 g/mol. The van der Waals surface area contributed by atoms with Gasteiger partial charge in [-0.3, -0.25) is 9.52 Å². The molecule has 0 aliphatic rings. The second-order valence-corrected chi connectivity index (χ2v) is 8.01. The van der Waals surface area contributed by atoms with Gasteiger partial charge in [-0.15, -0.1) is 0 Å². The Hall–Kier alpha value is -2.80. The first-order chi connectivity index (χ1) is 12.3. The van der Waals surface area contributed by atoms with Crippen LogP contribution in [0.2, 0.25) is 0 Å². The lowest BCUT2D eigenvalue weighted by Crippen LogP contribution is -2.23. The summed E-state index contributed by atoms with van der Waals surface area (Å²) >= 11 is 0. The number of nitrogens with zero attached hydrogens (tertiary/aromatic N) is 2. The van der Waals surface area contributed by atoms with E-state index < -0.39 is 10.0 Å². The first kappa shape index (κ1) is 18.0. The number of carbonyl (C=O) groups is 1. The molecule has 0 radical (unpaired) electrons. The molecule has 0 aliphatic heterocycles. The van der Waals surface area contributed by atoms with Gasteiger partial charge in [0, 0.05) is 50.4 Å². The Morgan fingerprint density at radius 1 is 1.15 bits per heavy atom. The summed E-state index contributed by atoms with van der Waals surface area (Å²) in [6.07, 6.45) is 1.89. The van der Waals surface area contributed by atoms with E-state index in [4.69, 9.17) is 0 Å². The molecule has 0 aliphatic carbocycles. The van der Waals surface area contributed by atoms with Gasteiger partial charge in [0.05, 0.1) is 4.90 Å². The summed E-state index contributed by atoms with van der Waals surface area (Å²) in [5, 5.41) is 0.868. The maximum absolute atomic E-state index is 12.7. The van der Waals surface area contributed by atoms with Crippen LogP contribution in [0.3, 0.4) is 0 Å². The van der Waals surface area contributed by atoms with Crippen LogP contribution < -0.4 is 4.72 Å². The predicted octanol–water partition coefficient (Wildman–Crippen LogP) is 2.96. The van der Waals surface area contributed by atoms with Gasteiger partial charge in [-0.25, -0.2) is 8.42 Å². The molecule has 6 nitrogen and oxygen atoms in total. The van der Waals surface area contributed by atoms with E-state index in [0.29, 0.717) is 12.2 Å². The summed E-state index contributed by atoms with van der Waals surface area (Å²) in [6, 6.07) is 14.0. The van der Waals surface area contributed by atoms with Crippen LogP contribution in [0.25, 0.3) is 10.9 Å². The number of aryl methyl sites for hydroxylation is 1. The van der Waals surface area contributed by atoms with Crippen molar-refractivity contribution in [3.63, 3.8) is 0 Å². The van der Waals surface area contributed by atoms with Gasteiger partial charge in [-0.2, -0.15) is 0 Å². The van der Waals surface area contributed by atoms with Crippen LogP contribution in [-0.2, 0) is 28.4 Å². The molecule has 0 saturated carbocycles. The first-order valence-corrected chi connectivity index (χ1v) is 9.63. The highest BCUT2D eigenvalue weighted by molar-refractivity contribution is 7.92. The lowest BCUT2D eigenvalue weighted by atomic mass is 10.2. The molecule has 3 aromatic rings. The van der Waals surface area contributed by atoms with Gasteiger partial charge >= 0.3 is 0 Å². The number of carbonyl (C=O) groups excluding carboxylic acids is 1. The molecule has 0 unspecified atom stereocenters. The van der Waals surface area contributed by atoms with E-state index in [1.807, 2.05) is 29.9 Å². The van der Waals surface area contributed by atoms with Crippen LogP contribution in [0.15, 0.2) is 59.6 Å². The minimum absolute atomic E-state index is 0.0489. The van der Waals surface area contributed by atoms with Crippen molar-refractivity contribution in [1.29, 1.82) is 0 Å². The standard InChI is InChI=1S/C19H21N3O3S/c1-14(23)22(3)13-15-5-4-6-17(11-15)20-26(24,25)18-7-8-19-16(12-18)9-10-21(19)2/h4-12,20H,13H2,1-3H3. The largest absolute Gasteiger partial charge is 0.351 e. The Morgan fingerprint density at radius 2 is 1.92 bits per heavy atom. The predicted molar refractivity (Wildman–Crippen MR) is 102 cm³/mol. The van der Waals surface area contributed by atoms with Crippen LogP contribution in [-0.4, -0.2) is 30.8 Å². The van der Waals surface area contributed by atoms with Gasteiger partial charge < -0.3 is 9.47 Å². The van der Waals surface area contributed by atoms with Gasteiger partial charge in [0.15, 0.2) is 0 Å². The van der Waals surface area contributed by atoms with Crippen molar-refractivity contribution in [3.05, 3.63) is 60.3 Å². The number of nitrogens with one attached hydrogen (secondary N) is 1. The minimum atomic E-state index is -3.70. The number of anilines is 1. The van der Waals surface area contributed by atoms with E-state index in [1.165, 1.54) is 6.92 Å². The molecule has 136 valence electrons. The van der Waals surface area contributed by atoms with Crippen molar-refractivity contribution in [2.75, 3.05) is 11.8 Å². The highest BCUT2D eigenvalue weighted by atomic mass is 32.2. The SMILES string of the molecule is CC(=O)N(C)Cc1cccc(NS(=O)(=O)c2ccc3c(ccn3C)c2)c1. The molecule has 26 heavy (non-hydrogen) atoms. The zero-order valence-corrected chi connectivity index (χ0v) is 15.7. The molecular formula is C19H21N3O3S. The molecule has 1 aromatic heterocycles. The molecule has 1 amide bonds. The normalized spacial score (nSPS) is 11.5. The lowest BCUT2D eigenvalue weighted by Gasteiger charge is -2.16. The number of sulfonamides is 1. The van der Waals surface area contributed by atoms with E-state index in [-0.39, 0.29) is 10.8 Å². The minimum Gasteiger partial charge on any atom is -0.351 e. The Labute approximate surface area is 153 Å². The van der Waals surface area contributed by atoms with Crippen LogP contribution >= 0.6 is 0 Å². The second kappa shape index (κ2) is 6.84. The summed E-state index contributed by atoms with van der Waals surface area (Å²) in [7, 11) is -0.0793. The third-order valence-corrected chi connectivity index (χ3v) is 5.68. The van der Waals surface area contributed by atoms with Gasteiger partial charge in [-0.05, 0) is 42.0 Å². The average molecular weight is 371 g/mol. The van der Waals surface area contributed by atoms with Crippen LogP contribution in [0, 0.1) is 0 Å². The molecule has 0 spiro atoms. The smallest absolute Gasteiger partial charge is 0.261 e. The molecule has 1 N–H and O–H groups in total. The van der Waals surface area contributed by atoms with Gasteiger partial charge in [0.1, 0.15) is 0 Å². The summed E-state index contributed by atoms with van der Waals surface area (Å²) in [6.45, 7) is 1.91. The molecule has 0 saturated heterocycles. The maximum atomic E-state index is 12.7. The topological polar surface area (TPSA) is 71.4 Å². The maximum Gasteiger partial charge on any atom is 0.261 e. The Balaban J connectivity index is 1.85. The number of fused-ring (bicyclic) bond motifs is 1. The third kappa shape index (κ3) is 3.72. The van der Waals surface area contributed by atoms with E-state index in [1.54, 1.807) is 48.3 Å². The van der Waals surface area contributed by atoms with Crippen LogP contribution in [0.1, 0.15) is 12.5 Å². The Morgan fingerprint density at radius 3 is 2.65 bits per heavy atom. The van der Waals surface area contributed by atoms with Crippen molar-refractivity contribution in [1.82, 2.24) is 9.47 Å². The van der Waals surface area contributed by atoms with E-state index in [2.05, 4.69) is 4.72 Å². The van der Waals surface area contributed by atoms with E-state index >= 15 is 0 Å². The number of hydrogen-bond donors (Lipinski definition) is 1. The highest BCUT2D eigenvalue weighted by Crippen LogP contribution is 2.22. The van der Waals surface area contributed by atoms with Crippen molar-refractivity contribution in [2.45, 2.75) is 18.4 Å². The molecular weight excluding hydrogens is 350 g/mol.